The Kier molecular flexibility index (Phi) is 4.03. The van der Waals surface area contributed by atoms with Gasteiger partial charge in [0, 0.05) is 0 Å². The number of carbonyl (C=O) groups is 1. The maximum atomic E-state index is 11.1. The van der Waals surface area contributed by atoms with Crippen LogP contribution in [0.5, 0.6) is 0 Å². The first-order chi connectivity index (χ1) is 10.2. The zero-order chi connectivity index (χ0) is 14.8. The maximum Gasteiger partial charge on any atom is 0.338 e. The molecular weight excluding hydrogens is 276 g/mol. The van der Waals surface area contributed by atoms with Crippen molar-refractivity contribution in [2.45, 2.75) is 30.7 Å². The molecule has 2 saturated heterocycles. The molecule has 2 aliphatic rings. The first-order valence-corrected chi connectivity index (χ1v) is 6.72. The molecule has 5 unspecified atom stereocenters. The van der Waals surface area contributed by atoms with Crippen LogP contribution < -0.4 is 0 Å². The normalized spacial score (nSPS) is 35.1. The van der Waals surface area contributed by atoms with Crippen molar-refractivity contribution >= 4 is 12.0 Å². The summed E-state index contributed by atoms with van der Waals surface area (Å²) in [6, 6.07) is 9.71. The molecular formula is C15H16O6. The molecule has 0 aliphatic carbocycles. The van der Waals surface area contributed by atoms with Crippen LogP contribution in [0, 0.1) is 0 Å². The van der Waals surface area contributed by atoms with Crippen molar-refractivity contribution in [3.63, 3.8) is 0 Å². The lowest BCUT2D eigenvalue weighted by atomic mass is 10.1. The monoisotopic (exact) mass is 292 g/mol. The van der Waals surface area contributed by atoms with E-state index in [1.807, 2.05) is 36.4 Å². The van der Waals surface area contributed by atoms with Gasteiger partial charge in [-0.25, -0.2) is 4.79 Å². The van der Waals surface area contributed by atoms with Crippen molar-refractivity contribution in [1.82, 2.24) is 0 Å². The molecule has 2 fully saturated rings. The number of fused-ring (bicyclic) bond motifs is 1. The highest BCUT2D eigenvalue weighted by Crippen LogP contribution is 2.32. The summed E-state index contributed by atoms with van der Waals surface area (Å²) < 4.78 is 15.6. The number of carbonyl (C=O) groups excluding carboxylic acids is 1. The van der Waals surface area contributed by atoms with Crippen molar-refractivity contribution in [1.29, 1.82) is 0 Å². The summed E-state index contributed by atoms with van der Waals surface area (Å²) in [6.07, 6.45) is -1.42. The number of rotatable bonds is 4. The van der Waals surface area contributed by atoms with E-state index >= 15 is 0 Å². The zero-order valence-corrected chi connectivity index (χ0v) is 11.2. The van der Waals surface area contributed by atoms with E-state index < -0.39 is 36.7 Å². The molecule has 0 amide bonds. The minimum absolute atomic E-state index is 0.236. The van der Waals surface area contributed by atoms with Gasteiger partial charge in [-0.15, -0.1) is 0 Å². The Morgan fingerprint density at radius 2 is 1.95 bits per heavy atom. The van der Waals surface area contributed by atoms with Gasteiger partial charge in [0.1, 0.15) is 12.2 Å². The second kappa shape index (κ2) is 5.95. The highest BCUT2D eigenvalue weighted by molar-refractivity contribution is 5.78. The number of aliphatic hydroxyl groups excluding tert-OH is 2. The van der Waals surface area contributed by atoms with Gasteiger partial charge in [-0.05, 0) is 5.56 Å². The van der Waals surface area contributed by atoms with Crippen LogP contribution in [0.25, 0.3) is 6.08 Å². The van der Waals surface area contributed by atoms with Gasteiger partial charge in [-0.2, -0.15) is 0 Å². The van der Waals surface area contributed by atoms with E-state index in [2.05, 4.69) is 0 Å². The van der Waals surface area contributed by atoms with E-state index in [9.17, 15) is 15.0 Å². The third-order valence-electron chi connectivity index (χ3n) is 3.50. The SMILES string of the molecule is O=C1OC2C(O)C(OC/C=C/c3ccccc3)OC2C1O. The van der Waals surface area contributed by atoms with E-state index in [4.69, 9.17) is 14.2 Å². The van der Waals surface area contributed by atoms with Crippen molar-refractivity contribution < 1.29 is 29.2 Å². The Balaban J connectivity index is 1.51. The van der Waals surface area contributed by atoms with E-state index in [0.29, 0.717) is 0 Å². The Morgan fingerprint density at radius 1 is 1.19 bits per heavy atom. The number of ether oxygens (including phenoxy) is 3. The molecule has 2 aliphatic heterocycles. The molecule has 1 aromatic rings. The molecule has 6 heteroatoms. The standard InChI is InChI=1S/C15H16O6/c16-10-12-13(20-14(10)18)11(17)15(21-12)19-8-4-7-9-5-2-1-3-6-9/h1-7,10-13,15-17H,8H2/b7-4+. The van der Waals surface area contributed by atoms with Gasteiger partial charge >= 0.3 is 5.97 Å². The number of aliphatic hydroxyl groups is 2. The highest BCUT2D eigenvalue weighted by atomic mass is 16.7. The van der Waals surface area contributed by atoms with Gasteiger partial charge < -0.3 is 24.4 Å². The van der Waals surface area contributed by atoms with E-state index in [1.54, 1.807) is 6.08 Å². The summed E-state index contributed by atoms with van der Waals surface area (Å²) in [5.74, 6) is -0.772. The zero-order valence-electron chi connectivity index (χ0n) is 11.2. The molecule has 0 radical (unpaired) electrons. The lowest BCUT2D eigenvalue weighted by Crippen LogP contribution is -2.33. The Bertz CT molecular complexity index is 528. The van der Waals surface area contributed by atoms with E-state index in [-0.39, 0.29) is 6.61 Å². The number of esters is 1. The summed E-state index contributed by atoms with van der Waals surface area (Å²) in [7, 11) is 0. The van der Waals surface area contributed by atoms with E-state index in [1.165, 1.54) is 0 Å². The lowest BCUT2D eigenvalue weighted by Gasteiger charge is -2.16. The summed E-state index contributed by atoms with van der Waals surface area (Å²) in [5.41, 5.74) is 1.04. The molecule has 2 N–H and O–H groups in total. The fraction of sp³-hybridized carbons (Fsp3) is 0.400. The molecule has 6 nitrogen and oxygen atoms in total. The van der Waals surface area contributed by atoms with Crippen LogP contribution in [0.1, 0.15) is 5.56 Å². The summed E-state index contributed by atoms with van der Waals surface area (Å²) >= 11 is 0. The predicted octanol–water partition coefficient (Wildman–Crippen LogP) is 0.0885. The molecule has 0 spiro atoms. The highest BCUT2D eigenvalue weighted by Gasteiger charge is 2.56. The second-order valence-corrected chi connectivity index (χ2v) is 4.95. The smallest absolute Gasteiger partial charge is 0.338 e. The number of hydrogen-bond donors (Lipinski definition) is 2. The van der Waals surface area contributed by atoms with Crippen molar-refractivity contribution in [2.75, 3.05) is 6.61 Å². The van der Waals surface area contributed by atoms with Crippen LogP contribution in [-0.2, 0) is 19.0 Å². The molecule has 112 valence electrons. The van der Waals surface area contributed by atoms with Gasteiger partial charge in [0.15, 0.2) is 18.5 Å². The van der Waals surface area contributed by atoms with Crippen LogP contribution >= 0.6 is 0 Å². The second-order valence-electron chi connectivity index (χ2n) is 4.95. The van der Waals surface area contributed by atoms with Gasteiger partial charge in [-0.3, -0.25) is 0 Å². The van der Waals surface area contributed by atoms with Gasteiger partial charge in [0.2, 0.25) is 0 Å². The maximum absolute atomic E-state index is 11.1. The minimum atomic E-state index is -1.36. The van der Waals surface area contributed by atoms with Crippen LogP contribution in [0.2, 0.25) is 0 Å². The van der Waals surface area contributed by atoms with Crippen LogP contribution in [0.3, 0.4) is 0 Å². The fourth-order valence-electron chi connectivity index (χ4n) is 2.43. The van der Waals surface area contributed by atoms with Crippen molar-refractivity contribution in [3.05, 3.63) is 42.0 Å². The van der Waals surface area contributed by atoms with Gasteiger partial charge in [0.25, 0.3) is 0 Å². The van der Waals surface area contributed by atoms with Crippen LogP contribution in [0.4, 0.5) is 0 Å². The van der Waals surface area contributed by atoms with Crippen molar-refractivity contribution in [3.8, 4) is 0 Å². The van der Waals surface area contributed by atoms with Crippen LogP contribution in [-0.4, -0.2) is 53.5 Å². The summed E-state index contributed by atoms with van der Waals surface area (Å²) in [6.45, 7) is 0.236. The van der Waals surface area contributed by atoms with Crippen LogP contribution in [0.15, 0.2) is 36.4 Å². The first-order valence-electron chi connectivity index (χ1n) is 6.72. The first kappa shape index (κ1) is 14.2. The largest absolute Gasteiger partial charge is 0.454 e. The predicted molar refractivity (Wildman–Crippen MR) is 72.0 cm³/mol. The van der Waals surface area contributed by atoms with Gasteiger partial charge in [0.05, 0.1) is 6.61 Å². The molecule has 2 heterocycles. The summed E-state index contributed by atoms with van der Waals surface area (Å²) in [4.78, 5) is 11.1. The van der Waals surface area contributed by atoms with Gasteiger partial charge in [-0.1, -0.05) is 42.5 Å². The fourth-order valence-corrected chi connectivity index (χ4v) is 2.43. The Hall–Kier alpha value is -1.73. The third-order valence-corrected chi connectivity index (χ3v) is 3.50. The molecule has 0 saturated carbocycles. The average Bonchev–Trinajstić information content (AvgIpc) is 2.95. The lowest BCUT2D eigenvalue weighted by molar-refractivity contribution is -0.182. The number of hydrogen-bond acceptors (Lipinski definition) is 6. The topological polar surface area (TPSA) is 85.2 Å². The molecule has 1 aromatic carbocycles. The Labute approximate surface area is 121 Å². The average molecular weight is 292 g/mol. The van der Waals surface area contributed by atoms with Crippen molar-refractivity contribution in [2.24, 2.45) is 0 Å². The molecule has 3 rings (SSSR count). The van der Waals surface area contributed by atoms with E-state index in [0.717, 1.165) is 5.56 Å². The molecule has 0 aromatic heterocycles. The molecule has 21 heavy (non-hydrogen) atoms. The summed E-state index contributed by atoms with van der Waals surface area (Å²) in [5, 5.41) is 19.5. The Morgan fingerprint density at radius 3 is 2.67 bits per heavy atom. The third kappa shape index (κ3) is 2.84. The molecule has 0 bridgehead atoms. The molecule has 5 atom stereocenters. The number of benzene rings is 1. The quantitative estimate of drug-likeness (QED) is 0.765. The minimum Gasteiger partial charge on any atom is -0.454 e.